The molecule has 1 aliphatic rings. The van der Waals surface area contributed by atoms with Crippen LogP contribution in [0.2, 0.25) is 0 Å². The lowest BCUT2D eigenvalue weighted by molar-refractivity contribution is 0.178. The first-order valence-corrected chi connectivity index (χ1v) is 6.57. The van der Waals surface area contributed by atoms with Crippen molar-refractivity contribution in [2.45, 2.75) is 25.4 Å². The summed E-state index contributed by atoms with van der Waals surface area (Å²) in [7, 11) is 1.79. The van der Waals surface area contributed by atoms with Crippen LogP contribution in [0.4, 0.5) is 11.8 Å². The minimum Gasteiger partial charge on any atom is -0.393 e. The van der Waals surface area contributed by atoms with Gasteiger partial charge in [0.1, 0.15) is 5.82 Å². The Morgan fingerprint density at radius 2 is 2.32 bits per heavy atom. The van der Waals surface area contributed by atoms with Crippen molar-refractivity contribution < 1.29 is 5.11 Å². The summed E-state index contributed by atoms with van der Waals surface area (Å²) in [6.07, 6.45) is 4.41. The predicted octanol–water partition coefficient (Wildman–Crippen LogP) is 0.967. The van der Waals surface area contributed by atoms with Crippen molar-refractivity contribution in [3.8, 4) is 0 Å². The van der Waals surface area contributed by atoms with E-state index in [-0.39, 0.29) is 6.10 Å². The molecular weight excluding hydrogens is 244 g/mol. The normalized spacial score (nSPS) is 22.8. The zero-order valence-electron chi connectivity index (χ0n) is 10.8. The van der Waals surface area contributed by atoms with E-state index in [1.54, 1.807) is 13.2 Å². The third kappa shape index (κ3) is 2.46. The topological polar surface area (TPSA) is 98.8 Å². The SMILES string of the molecule is CNc1nc(NCC2CCC(O)C2)c2cn[nH]c2n1. The van der Waals surface area contributed by atoms with Gasteiger partial charge in [-0.2, -0.15) is 15.1 Å². The van der Waals surface area contributed by atoms with E-state index in [0.29, 0.717) is 17.5 Å². The molecule has 7 heteroatoms. The van der Waals surface area contributed by atoms with Gasteiger partial charge in [-0.1, -0.05) is 0 Å². The van der Waals surface area contributed by atoms with Gasteiger partial charge >= 0.3 is 0 Å². The van der Waals surface area contributed by atoms with Crippen molar-refractivity contribution >= 4 is 22.8 Å². The average Bonchev–Trinajstić information content (AvgIpc) is 3.04. The molecule has 1 aliphatic carbocycles. The first-order valence-electron chi connectivity index (χ1n) is 6.57. The second kappa shape index (κ2) is 5.00. The Balaban J connectivity index is 1.77. The quantitative estimate of drug-likeness (QED) is 0.655. The Morgan fingerprint density at radius 1 is 1.42 bits per heavy atom. The molecule has 0 spiro atoms. The fourth-order valence-corrected chi connectivity index (χ4v) is 2.56. The van der Waals surface area contributed by atoms with E-state index in [1.165, 1.54) is 0 Å². The summed E-state index contributed by atoms with van der Waals surface area (Å²) in [5, 5.41) is 23.6. The van der Waals surface area contributed by atoms with Gasteiger partial charge in [-0.05, 0) is 25.2 Å². The van der Waals surface area contributed by atoms with Gasteiger partial charge < -0.3 is 15.7 Å². The molecule has 0 bridgehead atoms. The van der Waals surface area contributed by atoms with Gasteiger partial charge in [-0.15, -0.1) is 0 Å². The van der Waals surface area contributed by atoms with Crippen molar-refractivity contribution in [3.63, 3.8) is 0 Å². The van der Waals surface area contributed by atoms with Gasteiger partial charge in [0.05, 0.1) is 17.7 Å². The van der Waals surface area contributed by atoms with Gasteiger partial charge in [-0.3, -0.25) is 5.10 Å². The maximum absolute atomic E-state index is 9.54. The molecule has 2 aromatic rings. The zero-order valence-corrected chi connectivity index (χ0v) is 10.8. The molecule has 4 N–H and O–H groups in total. The largest absolute Gasteiger partial charge is 0.393 e. The standard InChI is InChI=1S/C12H18N6O/c1-13-12-16-10(9-6-15-18-11(9)17-12)14-5-7-2-3-8(19)4-7/h6-8,19H,2-5H2,1H3,(H3,13,14,15,16,17,18). The van der Waals surface area contributed by atoms with Gasteiger partial charge in [0.25, 0.3) is 0 Å². The number of aromatic amines is 1. The molecule has 0 aromatic carbocycles. The molecular formula is C12H18N6O. The zero-order chi connectivity index (χ0) is 13.2. The molecule has 2 atom stereocenters. The number of hydrogen-bond acceptors (Lipinski definition) is 6. The summed E-state index contributed by atoms with van der Waals surface area (Å²) < 4.78 is 0. The minimum absolute atomic E-state index is 0.140. The summed E-state index contributed by atoms with van der Waals surface area (Å²) in [6.45, 7) is 0.817. The Kier molecular flexibility index (Phi) is 3.20. The van der Waals surface area contributed by atoms with E-state index >= 15 is 0 Å². The van der Waals surface area contributed by atoms with Crippen LogP contribution in [0, 0.1) is 5.92 Å². The third-order valence-electron chi connectivity index (χ3n) is 3.61. The van der Waals surface area contributed by atoms with Crippen molar-refractivity contribution in [2.75, 3.05) is 24.2 Å². The van der Waals surface area contributed by atoms with Crippen LogP contribution in [0.15, 0.2) is 6.20 Å². The molecule has 0 amide bonds. The number of H-pyrrole nitrogens is 1. The highest BCUT2D eigenvalue weighted by molar-refractivity contribution is 5.86. The molecule has 0 saturated heterocycles. The van der Waals surface area contributed by atoms with Crippen molar-refractivity contribution in [2.24, 2.45) is 5.92 Å². The van der Waals surface area contributed by atoms with Crippen LogP contribution in [0.25, 0.3) is 11.0 Å². The van der Waals surface area contributed by atoms with Crippen LogP contribution in [0.3, 0.4) is 0 Å². The maximum Gasteiger partial charge on any atom is 0.226 e. The first kappa shape index (κ1) is 12.2. The van der Waals surface area contributed by atoms with Crippen molar-refractivity contribution in [1.82, 2.24) is 20.2 Å². The molecule has 2 heterocycles. The van der Waals surface area contributed by atoms with Crippen molar-refractivity contribution in [1.29, 1.82) is 0 Å². The van der Waals surface area contributed by atoms with Crippen LogP contribution < -0.4 is 10.6 Å². The maximum atomic E-state index is 9.54. The highest BCUT2D eigenvalue weighted by Gasteiger charge is 2.22. The van der Waals surface area contributed by atoms with Gasteiger partial charge in [-0.25, -0.2) is 0 Å². The monoisotopic (exact) mass is 262 g/mol. The lowest BCUT2D eigenvalue weighted by Gasteiger charge is -2.12. The number of anilines is 2. The number of hydrogen-bond donors (Lipinski definition) is 4. The minimum atomic E-state index is -0.140. The van der Waals surface area contributed by atoms with Crippen LogP contribution >= 0.6 is 0 Å². The first-order chi connectivity index (χ1) is 9.26. The Bertz CT molecular complexity index is 568. The Hall–Kier alpha value is -1.89. The van der Waals surface area contributed by atoms with E-state index < -0.39 is 0 Å². The number of fused-ring (bicyclic) bond motifs is 1. The number of nitrogens with zero attached hydrogens (tertiary/aromatic N) is 3. The number of rotatable bonds is 4. The van der Waals surface area contributed by atoms with E-state index in [2.05, 4.69) is 30.8 Å². The summed E-state index contributed by atoms with van der Waals surface area (Å²) in [5.41, 5.74) is 0.716. The summed E-state index contributed by atoms with van der Waals surface area (Å²) in [4.78, 5) is 8.70. The number of nitrogens with one attached hydrogen (secondary N) is 3. The van der Waals surface area contributed by atoms with Crippen molar-refractivity contribution in [3.05, 3.63) is 6.20 Å². The predicted molar refractivity (Wildman–Crippen MR) is 73.1 cm³/mol. The fourth-order valence-electron chi connectivity index (χ4n) is 2.56. The molecule has 0 radical (unpaired) electrons. The highest BCUT2D eigenvalue weighted by atomic mass is 16.3. The van der Waals surface area contributed by atoms with Gasteiger partial charge in [0.2, 0.25) is 5.95 Å². The van der Waals surface area contributed by atoms with Crippen LogP contribution in [-0.4, -0.2) is 45.0 Å². The van der Waals surface area contributed by atoms with Crippen LogP contribution in [0.5, 0.6) is 0 Å². The van der Waals surface area contributed by atoms with E-state index in [9.17, 15) is 5.11 Å². The summed E-state index contributed by atoms with van der Waals surface area (Å²) in [5.74, 6) is 1.85. The molecule has 2 unspecified atom stereocenters. The smallest absolute Gasteiger partial charge is 0.226 e. The molecule has 2 aromatic heterocycles. The van der Waals surface area contributed by atoms with E-state index in [4.69, 9.17) is 0 Å². The van der Waals surface area contributed by atoms with Crippen LogP contribution in [0.1, 0.15) is 19.3 Å². The molecule has 0 aliphatic heterocycles. The lowest BCUT2D eigenvalue weighted by atomic mass is 10.1. The Labute approximate surface area is 110 Å². The molecule has 19 heavy (non-hydrogen) atoms. The average molecular weight is 262 g/mol. The highest BCUT2D eigenvalue weighted by Crippen LogP contribution is 2.26. The summed E-state index contributed by atoms with van der Waals surface area (Å²) >= 11 is 0. The second-order valence-corrected chi connectivity index (χ2v) is 4.99. The fraction of sp³-hybridized carbons (Fsp3) is 0.583. The third-order valence-corrected chi connectivity index (χ3v) is 3.61. The molecule has 1 saturated carbocycles. The summed E-state index contributed by atoms with van der Waals surface area (Å²) in [6, 6.07) is 0. The van der Waals surface area contributed by atoms with Gasteiger partial charge in [0.15, 0.2) is 5.65 Å². The molecule has 3 rings (SSSR count). The molecule has 102 valence electrons. The van der Waals surface area contributed by atoms with E-state index in [1.807, 2.05) is 0 Å². The Morgan fingerprint density at radius 3 is 3.05 bits per heavy atom. The number of aliphatic hydroxyl groups is 1. The number of aliphatic hydroxyl groups excluding tert-OH is 1. The molecule has 7 nitrogen and oxygen atoms in total. The lowest BCUT2D eigenvalue weighted by Crippen LogP contribution is -2.14. The van der Waals surface area contributed by atoms with E-state index in [0.717, 1.165) is 37.0 Å². The second-order valence-electron chi connectivity index (χ2n) is 4.99. The molecule has 1 fully saturated rings. The number of aromatic nitrogens is 4. The van der Waals surface area contributed by atoms with Gasteiger partial charge in [0, 0.05) is 13.6 Å². The van der Waals surface area contributed by atoms with Crippen LogP contribution in [-0.2, 0) is 0 Å².